The van der Waals surface area contributed by atoms with Crippen LogP contribution in [0.2, 0.25) is 0 Å². The highest BCUT2D eigenvalue weighted by Crippen LogP contribution is 2.17. The quantitative estimate of drug-likeness (QED) is 0.770. The van der Waals surface area contributed by atoms with Gasteiger partial charge in [0.15, 0.2) is 0 Å². The average Bonchev–Trinajstić information content (AvgIpc) is 2.59. The minimum absolute atomic E-state index is 0.245. The monoisotopic (exact) mass is 293 g/mol. The van der Waals surface area contributed by atoms with Crippen LogP contribution in [0.25, 0.3) is 6.08 Å². The fourth-order valence-corrected chi connectivity index (χ4v) is 2.11. The molecule has 0 saturated heterocycles. The zero-order valence-electron chi connectivity index (χ0n) is 12.3. The minimum atomic E-state index is -0.792. The van der Waals surface area contributed by atoms with Gasteiger partial charge in [-0.25, -0.2) is 0 Å². The van der Waals surface area contributed by atoms with E-state index >= 15 is 0 Å². The fraction of sp³-hybridized carbons (Fsp3) is 0.167. The first-order valence-electron chi connectivity index (χ1n) is 7.08. The Morgan fingerprint density at radius 2 is 1.95 bits per heavy atom. The number of likely N-dealkylation sites (N-methyl/N-ethyl adjacent to an activating group) is 1. The van der Waals surface area contributed by atoms with Gasteiger partial charge >= 0.3 is 0 Å². The van der Waals surface area contributed by atoms with E-state index in [1.807, 2.05) is 43.5 Å². The smallest absolute Gasteiger partial charge is 0.247 e. The Balaban J connectivity index is 2.17. The maximum atomic E-state index is 12.4. The van der Waals surface area contributed by atoms with Crippen molar-refractivity contribution in [3.05, 3.63) is 72.1 Å². The van der Waals surface area contributed by atoms with Gasteiger partial charge in [-0.1, -0.05) is 36.4 Å². The van der Waals surface area contributed by atoms with E-state index in [4.69, 9.17) is 0 Å². The maximum absolute atomic E-state index is 12.4. The Morgan fingerprint density at radius 1 is 1.23 bits per heavy atom. The summed E-state index contributed by atoms with van der Waals surface area (Å²) in [6, 6.07) is 14.0. The molecular weight excluding hydrogens is 276 g/mol. The largest absolute Gasteiger partial charge is 0.323 e. The van der Waals surface area contributed by atoms with Crippen molar-refractivity contribution in [1.82, 2.24) is 9.88 Å². The van der Waals surface area contributed by atoms with Crippen molar-refractivity contribution in [3.8, 4) is 0 Å². The predicted octanol–water partition coefficient (Wildman–Crippen LogP) is 2.79. The SMILES string of the molecule is CCN(C(=O)C=Cc1ccccc1)C([C]=O)c1ccccn1. The molecule has 22 heavy (non-hydrogen) atoms. The van der Waals surface area contributed by atoms with E-state index in [2.05, 4.69) is 4.98 Å². The number of pyridine rings is 1. The van der Waals surface area contributed by atoms with Crippen molar-refractivity contribution in [1.29, 1.82) is 0 Å². The van der Waals surface area contributed by atoms with Crippen LogP contribution in [0.3, 0.4) is 0 Å². The zero-order chi connectivity index (χ0) is 15.8. The van der Waals surface area contributed by atoms with Gasteiger partial charge in [-0.05, 0) is 30.7 Å². The lowest BCUT2D eigenvalue weighted by Gasteiger charge is -2.24. The molecule has 0 aliphatic rings. The second-order valence-corrected chi connectivity index (χ2v) is 4.64. The highest BCUT2D eigenvalue weighted by Gasteiger charge is 2.23. The summed E-state index contributed by atoms with van der Waals surface area (Å²) in [5, 5.41) is 0. The number of carbonyl (C=O) groups is 1. The summed E-state index contributed by atoms with van der Waals surface area (Å²) in [4.78, 5) is 29.2. The lowest BCUT2D eigenvalue weighted by molar-refractivity contribution is -0.127. The van der Waals surface area contributed by atoms with Crippen LogP contribution in [0.4, 0.5) is 0 Å². The summed E-state index contributed by atoms with van der Waals surface area (Å²) in [6.45, 7) is 2.22. The molecule has 1 aromatic heterocycles. The number of rotatable bonds is 6. The highest BCUT2D eigenvalue weighted by molar-refractivity contribution is 5.93. The number of hydrogen-bond donors (Lipinski definition) is 0. The molecule has 4 heteroatoms. The molecule has 1 radical (unpaired) electrons. The molecule has 2 aromatic rings. The van der Waals surface area contributed by atoms with Crippen molar-refractivity contribution in [3.63, 3.8) is 0 Å². The van der Waals surface area contributed by atoms with Crippen molar-refractivity contribution in [2.24, 2.45) is 0 Å². The van der Waals surface area contributed by atoms with Gasteiger partial charge in [-0.2, -0.15) is 0 Å². The molecule has 1 unspecified atom stereocenters. The van der Waals surface area contributed by atoms with Crippen LogP contribution in [0.1, 0.15) is 24.2 Å². The number of amides is 1. The summed E-state index contributed by atoms with van der Waals surface area (Å²) in [7, 11) is 0. The predicted molar refractivity (Wildman–Crippen MR) is 85.5 cm³/mol. The Labute approximate surface area is 130 Å². The van der Waals surface area contributed by atoms with Crippen LogP contribution >= 0.6 is 0 Å². The molecule has 0 spiro atoms. The van der Waals surface area contributed by atoms with Crippen LogP contribution in [-0.4, -0.2) is 28.6 Å². The van der Waals surface area contributed by atoms with E-state index in [0.29, 0.717) is 12.2 Å². The molecule has 0 N–H and O–H groups in total. The molecule has 1 aromatic carbocycles. The second kappa shape index (κ2) is 7.88. The molecule has 0 bridgehead atoms. The Morgan fingerprint density at radius 3 is 2.55 bits per heavy atom. The lowest BCUT2D eigenvalue weighted by Crippen LogP contribution is -2.34. The van der Waals surface area contributed by atoms with Gasteiger partial charge in [0.25, 0.3) is 0 Å². The van der Waals surface area contributed by atoms with Gasteiger partial charge < -0.3 is 4.90 Å². The minimum Gasteiger partial charge on any atom is -0.323 e. The zero-order valence-corrected chi connectivity index (χ0v) is 12.3. The number of hydrogen-bond acceptors (Lipinski definition) is 3. The van der Waals surface area contributed by atoms with Crippen LogP contribution in [0.15, 0.2) is 60.8 Å². The molecule has 1 atom stereocenters. The van der Waals surface area contributed by atoms with E-state index in [-0.39, 0.29) is 5.91 Å². The van der Waals surface area contributed by atoms with Crippen molar-refractivity contribution in [2.75, 3.05) is 6.54 Å². The van der Waals surface area contributed by atoms with Crippen molar-refractivity contribution < 1.29 is 9.59 Å². The molecule has 2 rings (SSSR count). The van der Waals surface area contributed by atoms with Gasteiger partial charge in [0, 0.05) is 18.8 Å². The van der Waals surface area contributed by atoms with E-state index in [0.717, 1.165) is 5.56 Å². The third-order valence-corrected chi connectivity index (χ3v) is 3.23. The second-order valence-electron chi connectivity index (χ2n) is 4.64. The van der Waals surface area contributed by atoms with Gasteiger partial charge in [0.1, 0.15) is 6.04 Å². The van der Waals surface area contributed by atoms with Gasteiger partial charge in [0.2, 0.25) is 12.2 Å². The Hall–Kier alpha value is -2.75. The van der Waals surface area contributed by atoms with Crippen molar-refractivity contribution in [2.45, 2.75) is 13.0 Å². The van der Waals surface area contributed by atoms with E-state index in [1.54, 1.807) is 30.5 Å². The summed E-state index contributed by atoms with van der Waals surface area (Å²) in [5.41, 5.74) is 1.44. The van der Waals surface area contributed by atoms with Gasteiger partial charge in [-0.3, -0.25) is 14.6 Å². The Bertz CT molecular complexity index is 639. The van der Waals surface area contributed by atoms with Crippen LogP contribution < -0.4 is 0 Å². The summed E-state index contributed by atoms with van der Waals surface area (Å²) >= 11 is 0. The van der Waals surface area contributed by atoms with E-state index in [9.17, 15) is 9.59 Å². The molecule has 111 valence electrons. The average molecular weight is 293 g/mol. The normalized spacial score (nSPS) is 12.0. The first-order valence-corrected chi connectivity index (χ1v) is 7.08. The molecular formula is C18H17N2O2. The first-order chi connectivity index (χ1) is 10.8. The molecule has 0 aliphatic heterocycles. The maximum Gasteiger partial charge on any atom is 0.247 e. The Kier molecular flexibility index (Phi) is 5.60. The molecule has 1 heterocycles. The molecule has 0 saturated carbocycles. The standard InChI is InChI=1S/C18H17N2O2/c1-2-20(17(14-21)16-10-6-7-13-19-16)18(22)12-11-15-8-4-3-5-9-15/h3-13,17H,2H2,1H3. The lowest BCUT2D eigenvalue weighted by atomic mass is 10.1. The summed E-state index contributed by atoms with van der Waals surface area (Å²) in [5.74, 6) is -0.245. The van der Waals surface area contributed by atoms with Gasteiger partial charge in [-0.15, -0.1) is 0 Å². The third-order valence-electron chi connectivity index (χ3n) is 3.23. The molecule has 4 nitrogen and oxygen atoms in total. The fourth-order valence-electron chi connectivity index (χ4n) is 2.11. The number of aromatic nitrogens is 1. The van der Waals surface area contributed by atoms with Crippen LogP contribution in [0, 0.1) is 0 Å². The van der Waals surface area contributed by atoms with Gasteiger partial charge in [0.05, 0.1) is 5.69 Å². The number of benzene rings is 1. The topological polar surface area (TPSA) is 50.3 Å². The van der Waals surface area contributed by atoms with E-state index < -0.39 is 6.04 Å². The highest BCUT2D eigenvalue weighted by atomic mass is 16.2. The third kappa shape index (κ3) is 3.88. The summed E-state index contributed by atoms with van der Waals surface area (Å²) in [6.07, 6.45) is 6.69. The molecule has 0 aliphatic carbocycles. The first kappa shape index (κ1) is 15.6. The van der Waals surface area contributed by atoms with Crippen molar-refractivity contribution >= 4 is 18.3 Å². The molecule has 1 amide bonds. The van der Waals surface area contributed by atoms with Crippen LogP contribution in [0.5, 0.6) is 0 Å². The van der Waals surface area contributed by atoms with Crippen LogP contribution in [-0.2, 0) is 9.59 Å². The van der Waals surface area contributed by atoms with E-state index in [1.165, 1.54) is 11.0 Å². The number of carbonyl (C=O) groups excluding carboxylic acids is 2. The molecule has 0 fully saturated rings. The summed E-state index contributed by atoms with van der Waals surface area (Å²) < 4.78 is 0. The number of nitrogens with zero attached hydrogens (tertiary/aromatic N) is 2.